The Morgan fingerprint density at radius 2 is 1.89 bits per heavy atom. The summed E-state index contributed by atoms with van der Waals surface area (Å²) in [7, 11) is 0. The van der Waals surface area contributed by atoms with Gasteiger partial charge in [-0.25, -0.2) is 9.36 Å². The number of benzene rings is 2. The first-order chi connectivity index (χ1) is 18.6. The van der Waals surface area contributed by atoms with E-state index in [0.29, 0.717) is 24.4 Å². The van der Waals surface area contributed by atoms with Gasteiger partial charge in [-0.2, -0.15) is 0 Å². The van der Waals surface area contributed by atoms with Crippen LogP contribution in [-0.4, -0.2) is 61.4 Å². The highest BCUT2D eigenvalue weighted by atomic mass is 32.1. The van der Waals surface area contributed by atoms with Crippen LogP contribution >= 0.6 is 11.3 Å². The molecule has 1 amide bonds. The van der Waals surface area contributed by atoms with Crippen LogP contribution in [0.15, 0.2) is 76.9 Å². The van der Waals surface area contributed by atoms with Crippen LogP contribution < -0.4 is 20.5 Å². The van der Waals surface area contributed by atoms with Crippen molar-refractivity contribution in [1.29, 1.82) is 0 Å². The molecule has 1 N–H and O–H groups in total. The zero-order valence-electron chi connectivity index (χ0n) is 21.8. The molecule has 38 heavy (non-hydrogen) atoms. The maximum Gasteiger partial charge on any atom is 0.329 e. The van der Waals surface area contributed by atoms with E-state index in [2.05, 4.69) is 44.8 Å². The number of hydrogen-bond donors (Lipinski definition) is 1. The van der Waals surface area contributed by atoms with Crippen molar-refractivity contribution in [2.75, 3.05) is 50.8 Å². The van der Waals surface area contributed by atoms with E-state index in [1.807, 2.05) is 31.2 Å². The lowest BCUT2D eigenvalue weighted by Crippen LogP contribution is -2.46. The highest BCUT2D eigenvalue weighted by Gasteiger charge is 2.18. The van der Waals surface area contributed by atoms with E-state index in [-0.39, 0.29) is 5.56 Å². The predicted octanol–water partition coefficient (Wildman–Crippen LogP) is 5.33. The molecule has 1 fully saturated rings. The van der Waals surface area contributed by atoms with Gasteiger partial charge in [0.05, 0.1) is 12.1 Å². The summed E-state index contributed by atoms with van der Waals surface area (Å²) in [5.74, 6) is 0.661. The van der Waals surface area contributed by atoms with Crippen molar-refractivity contribution in [2.24, 2.45) is 0 Å². The number of aromatic nitrogens is 1. The van der Waals surface area contributed by atoms with E-state index in [0.717, 1.165) is 51.0 Å². The number of ether oxygens (including phenoxy) is 1. The summed E-state index contributed by atoms with van der Waals surface area (Å²) < 4.78 is 8.53. The second-order valence-electron chi connectivity index (χ2n) is 9.48. The number of amides is 1. The van der Waals surface area contributed by atoms with Gasteiger partial charge in [0.2, 0.25) is 0 Å². The monoisotopic (exact) mass is 530 g/mol. The van der Waals surface area contributed by atoms with Crippen LogP contribution in [0.2, 0.25) is 0 Å². The van der Waals surface area contributed by atoms with Crippen LogP contribution in [0.4, 0.5) is 10.5 Å². The summed E-state index contributed by atoms with van der Waals surface area (Å²) in [4.78, 5) is 30.1. The minimum Gasteiger partial charge on any atom is -0.494 e. The molecule has 0 unspecified atom stereocenters. The quantitative estimate of drug-likeness (QED) is 0.234. The number of unbranched alkanes of at least 4 members (excludes halogenated alkanes) is 1. The summed E-state index contributed by atoms with van der Waals surface area (Å²) >= 11 is 1.80. The normalized spacial score (nSPS) is 14.5. The number of carbonyl (C=O) groups is 1. The molecular weight excluding hydrogens is 496 g/mol. The molecule has 5 rings (SSSR count). The number of nitrogens with one attached hydrogen (secondary N) is 1. The van der Waals surface area contributed by atoms with Crippen molar-refractivity contribution in [1.82, 2.24) is 14.8 Å². The largest absolute Gasteiger partial charge is 0.494 e. The number of nitrogens with zero attached hydrogens (tertiary/aromatic N) is 3. The predicted molar refractivity (Wildman–Crippen MR) is 157 cm³/mol. The van der Waals surface area contributed by atoms with Crippen LogP contribution in [0, 0.1) is 0 Å². The van der Waals surface area contributed by atoms with Gasteiger partial charge in [-0.15, -0.1) is 11.3 Å². The summed E-state index contributed by atoms with van der Waals surface area (Å²) in [6.45, 7) is 8.14. The lowest BCUT2D eigenvalue weighted by molar-refractivity contribution is 0.238. The topological polar surface area (TPSA) is 66.8 Å². The molecule has 0 bridgehead atoms. The standard InChI is InChI=1S/C30H34N4O3S/c1-2-3-14-31-30(36)34-27-22-24(11-9-23(27)10-12-29(34)35)37-20-5-4-15-32-16-18-33(19-17-32)26-7-6-8-28-25(26)13-21-38-28/h2-3,6-13,21-22H,4-5,14-20H2,1H3,(H,31,36). The van der Waals surface area contributed by atoms with Gasteiger partial charge >= 0.3 is 6.03 Å². The molecule has 4 aromatic rings. The molecule has 198 valence electrons. The number of fused-ring (bicyclic) bond motifs is 2. The third-order valence-electron chi connectivity index (χ3n) is 7.00. The van der Waals surface area contributed by atoms with E-state index < -0.39 is 6.03 Å². The first kappa shape index (κ1) is 26.0. The molecule has 0 atom stereocenters. The third-order valence-corrected chi connectivity index (χ3v) is 7.88. The highest BCUT2D eigenvalue weighted by molar-refractivity contribution is 7.17. The van der Waals surface area contributed by atoms with Crippen molar-refractivity contribution in [3.05, 3.63) is 82.5 Å². The minimum absolute atomic E-state index is 0.361. The zero-order chi connectivity index (χ0) is 26.3. The molecule has 1 aliphatic heterocycles. The van der Waals surface area contributed by atoms with Crippen molar-refractivity contribution in [3.8, 4) is 5.75 Å². The van der Waals surface area contributed by atoms with E-state index in [4.69, 9.17) is 4.74 Å². The van der Waals surface area contributed by atoms with Crippen LogP contribution in [0.5, 0.6) is 5.75 Å². The summed E-state index contributed by atoms with van der Waals surface area (Å²) in [5, 5.41) is 7.10. The lowest BCUT2D eigenvalue weighted by atomic mass is 10.2. The lowest BCUT2D eigenvalue weighted by Gasteiger charge is -2.36. The Kier molecular flexibility index (Phi) is 8.41. The third kappa shape index (κ3) is 5.92. The Balaban J connectivity index is 1.10. The fraction of sp³-hybridized carbons (Fsp3) is 0.333. The number of rotatable bonds is 9. The summed E-state index contributed by atoms with van der Waals surface area (Å²) in [6.07, 6.45) is 5.68. The van der Waals surface area contributed by atoms with Crippen molar-refractivity contribution in [2.45, 2.75) is 19.8 Å². The van der Waals surface area contributed by atoms with E-state index in [9.17, 15) is 9.59 Å². The maximum atomic E-state index is 12.6. The molecule has 1 saturated heterocycles. The molecule has 0 saturated carbocycles. The van der Waals surface area contributed by atoms with Gasteiger partial charge in [-0.1, -0.05) is 18.2 Å². The van der Waals surface area contributed by atoms with Crippen molar-refractivity contribution in [3.63, 3.8) is 0 Å². The Bertz CT molecular complexity index is 1480. The molecule has 7 nitrogen and oxygen atoms in total. The number of piperazine rings is 1. The molecule has 0 aliphatic carbocycles. The summed E-state index contributed by atoms with van der Waals surface area (Å²) in [5.41, 5.74) is 1.54. The highest BCUT2D eigenvalue weighted by Crippen LogP contribution is 2.31. The Morgan fingerprint density at radius 1 is 1.05 bits per heavy atom. The SMILES string of the molecule is CC=CCNC(=O)n1c(=O)ccc2ccc(OCCCCN3CCN(c4cccc5sccc45)CC3)cc21. The molecule has 2 aromatic heterocycles. The number of pyridine rings is 1. The fourth-order valence-corrected chi connectivity index (χ4v) is 5.76. The number of thiophene rings is 1. The maximum absolute atomic E-state index is 12.6. The molecule has 2 aromatic carbocycles. The van der Waals surface area contributed by atoms with Gasteiger partial charge < -0.3 is 15.0 Å². The number of carbonyl (C=O) groups excluding carboxylic acids is 1. The molecule has 3 heterocycles. The second-order valence-corrected chi connectivity index (χ2v) is 10.4. The van der Waals surface area contributed by atoms with Gasteiger partial charge in [-0.3, -0.25) is 9.69 Å². The first-order valence-electron chi connectivity index (χ1n) is 13.3. The molecule has 8 heteroatoms. The molecule has 0 spiro atoms. The smallest absolute Gasteiger partial charge is 0.329 e. The fourth-order valence-electron chi connectivity index (χ4n) is 4.95. The van der Waals surface area contributed by atoms with E-state index in [1.54, 1.807) is 23.5 Å². The Labute approximate surface area is 226 Å². The van der Waals surface area contributed by atoms with Crippen LogP contribution in [0.1, 0.15) is 19.8 Å². The van der Waals surface area contributed by atoms with Crippen molar-refractivity contribution < 1.29 is 9.53 Å². The Morgan fingerprint density at radius 3 is 2.74 bits per heavy atom. The summed E-state index contributed by atoms with van der Waals surface area (Å²) in [6, 6.07) is 17.1. The minimum atomic E-state index is -0.442. The van der Waals surface area contributed by atoms with Gasteiger partial charge in [0.1, 0.15) is 5.75 Å². The number of hydrogen-bond acceptors (Lipinski definition) is 6. The van der Waals surface area contributed by atoms with Crippen LogP contribution in [0.3, 0.4) is 0 Å². The van der Waals surface area contributed by atoms with Gasteiger partial charge in [-0.05, 0) is 73.5 Å². The number of allylic oxidation sites excluding steroid dienone is 1. The first-order valence-corrected chi connectivity index (χ1v) is 14.1. The van der Waals surface area contributed by atoms with E-state index >= 15 is 0 Å². The van der Waals surface area contributed by atoms with Gasteiger partial charge in [0.25, 0.3) is 5.56 Å². The molecular formula is C30H34N4O3S. The van der Waals surface area contributed by atoms with E-state index in [1.165, 1.54) is 26.4 Å². The molecule has 0 radical (unpaired) electrons. The van der Waals surface area contributed by atoms with Crippen LogP contribution in [0.25, 0.3) is 21.0 Å². The molecule has 1 aliphatic rings. The zero-order valence-corrected chi connectivity index (χ0v) is 22.6. The average Bonchev–Trinajstić information content (AvgIpc) is 3.42. The van der Waals surface area contributed by atoms with Crippen LogP contribution in [-0.2, 0) is 0 Å². The van der Waals surface area contributed by atoms with Gasteiger partial charge in [0.15, 0.2) is 0 Å². The Hall–Kier alpha value is -3.62. The number of anilines is 1. The van der Waals surface area contributed by atoms with Crippen molar-refractivity contribution >= 4 is 44.0 Å². The second kappa shape index (κ2) is 12.3. The average molecular weight is 531 g/mol. The van der Waals surface area contributed by atoms with Gasteiger partial charge in [0, 0.05) is 60.6 Å².